The van der Waals surface area contributed by atoms with Crippen LogP contribution in [0.2, 0.25) is 0 Å². The van der Waals surface area contributed by atoms with Crippen LogP contribution < -0.4 is 5.73 Å². The highest BCUT2D eigenvalue weighted by Crippen LogP contribution is 2.15. The number of likely N-dealkylation sites (N-methyl/N-ethyl adjacent to an activating group) is 1. The summed E-state index contributed by atoms with van der Waals surface area (Å²) >= 11 is 0. The quantitative estimate of drug-likeness (QED) is 0.707. The van der Waals surface area contributed by atoms with Crippen molar-refractivity contribution in [3.8, 4) is 0 Å². The van der Waals surface area contributed by atoms with Gasteiger partial charge >= 0.3 is 0 Å². The van der Waals surface area contributed by atoms with Crippen LogP contribution in [-0.4, -0.2) is 43.8 Å². The largest absolute Gasteiger partial charge is 0.376 e. The van der Waals surface area contributed by atoms with Gasteiger partial charge in [0.25, 0.3) is 0 Å². The Bertz CT molecular complexity index is 141. The minimum atomic E-state index is 0.204. The van der Waals surface area contributed by atoms with E-state index in [9.17, 15) is 0 Å². The highest BCUT2D eigenvalue weighted by molar-refractivity contribution is 4.73. The van der Waals surface area contributed by atoms with Gasteiger partial charge in [-0.1, -0.05) is 6.42 Å². The molecule has 0 aromatic rings. The molecule has 0 aliphatic carbocycles. The second-order valence-electron chi connectivity index (χ2n) is 4.01. The molecule has 78 valence electrons. The molecule has 1 heterocycles. The molecule has 2 atom stereocenters. The number of rotatable bonds is 4. The average Bonchev–Trinajstić information content (AvgIpc) is 2.16. The first-order valence-electron chi connectivity index (χ1n) is 5.26. The van der Waals surface area contributed by atoms with Crippen molar-refractivity contribution in [1.82, 2.24) is 4.90 Å². The Labute approximate surface area is 81.2 Å². The van der Waals surface area contributed by atoms with Gasteiger partial charge in [0.15, 0.2) is 0 Å². The van der Waals surface area contributed by atoms with E-state index in [-0.39, 0.29) is 6.10 Å². The van der Waals surface area contributed by atoms with Gasteiger partial charge in [-0.3, -0.25) is 0 Å². The van der Waals surface area contributed by atoms with Gasteiger partial charge in [0.05, 0.1) is 12.7 Å². The fourth-order valence-corrected chi connectivity index (χ4v) is 1.70. The van der Waals surface area contributed by atoms with Gasteiger partial charge in [0, 0.05) is 12.6 Å². The highest BCUT2D eigenvalue weighted by Gasteiger charge is 2.19. The monoisotopic (exact) mass is 186 g/mol. The normalized spacial score (nSPS) is 27.5. The standard InChI is InChI=1S/C10H22N2O/c1-9(7-11)13-8-10-5-3-4-6-12(10)2/h9-10H,3-8,11H2,1-2H3. The van der Waals surface area contributed by atoms with Crippen molar-refractivity contribution in [3.05, 3.63) is 0 Å². The Morgan fingerprint density at radius 1 is 1.54 bits per heavy atom. The van der Waals surface area contributed by atoms with E-state index < -0.39 is 0 Å². The summed E-state index contributed by atoms with van der Waals surface area (Å²) in [4.78, 5) is 2.40. The first kappa shape index (κ1) is 11.0. The number of piperidine rings is 1. The molecule has 1 rings (SSSR count). The van der Waals surface area contributed by atoms with Crippen molar-refractivity contribution in [2.24, 2.45) is 5.73 Å². The number of ether oxygens (including phenoxy) is 1. The van der Waals surface area contributed by atoms with Crippen molar-refractivity contribution in [3.63, 3.8) is 0 Å². The third-order valence-corrected chi connectivity index (χ3v) is 2.83. The van der Waals surface area contributed by atoms with E-state index in [1.165, 1.54) is 25.8 Å². The predicted octanol–water partition coefficient (Wildman–Crippen LogP) is 0.834. The molecular weight excluding hydrogens is 164 g/mol. The zero-order valence-electron chi connectivity index (χ0n) is 8.83. The molecule has 1 fully saturated rings. The van der Waals surface area contributed by atoms with Gasteiger partial charge in [-0.25, -0.2) is 0 Å². The van der Waals surface area contributed by atoms with Gasteiger partial charge in [-0.15, -0.1) is 0 Å². The molecule has 1 aliphatic heterocycles. The first-order chi connectivity index (χ1) is 6.24. The Hall–Kier alpha value is -0.120. The Morgan fingerprint density at radius 3 is 2.92 bits per heavy atom. The lowest BCUT2D eigenvalue weighted by Crippen LogP contribution is -2.40. The summed E-state index contributed by atoms with van der Waals surface area (Å²) in [7, 11) is 2.18. The van der Waals surface area contributed by atoms with Crippen LogP contribution in [-0.2, 0) is 4.74 Å². The molecule has 1 aliphatic rings. The maximum absolute atomic E-state index is 5.63. The summed E-state index contributed by atoms with van der Waals surface area (Å²) in [5, 5.41) is 0. The minimum Gasteiger partial charge on any atom is -0.376 e. The maximum atomic E-state index is 5.63. The van der Waals surface area contributed by atoms with Crippen LogP contribution in [0.4, 0.5) is 0 Å². The number of nitrogens with two attached hydrogens (primary N) is 1. The number of hydrogen-bond acceptors (Lipinski definition) is 3. The van der Waals surface area contributed by atoms with E-state index in [0.717, 1.165) is 6.61 Å². The van der Waals surface area contributed by atoms with Gasteiger partial charge in [0.2, 0.25) is 0 Å². The zero-order chi connectivity index (χ0) is 9.68. The molecule has 2 N–H and O–H groups in total. The SMILES string of the molecule is CC(CN)OCC1CCCCN1C. The first-order valence-corrected chi connectivity index (χ1v) is 5.26. The van der Waals surface area contributed by atoms with Crippen LogP contribution in [0.3, 0.4) is 0 Å². The maximum Gasteiger partial charge on any atom is 0.0669 e. The highest BCUT2D eigenvalue weighted by atomic mass is 16.5. The Morgan fingerprint density at radius 2 is 2.31 bits per heavy atom. The molecule has 3 heteroatoms. The van der Waals surface area contributed by atoms with E-state index in [1.807, 2.05) is 6.92 Å². The number of hydrogen-bond donors (Lipinski definition) is 1. The average molecular weight is 186 g/mol. The topological polar surface area (TPSA) is 38.5 Å². The molecule has 0 saturated carbocycles. The number of likely N-dealkylation sites (tertiary alicyclic amines) is 1. The van der Waals surface area contributed by atoms with Crippen molar-refractivity contribution in [2.45, 2.75) is 38.3 Å². The lowest BCUT2D eigenvalue weighted by atomic mass is 10.0. The van der Waals surface area contributed by atoms with Crippen molar-refractivity contribution >= 4 is 0 Å². The van der Waals surface area contributed by atoms with Crippen LogP contribution >= 0.6 is 0 Å². The molecule has 0 aromatic heterocycles. The molecule has 1 saturated heterocycles. The van der Waals surface area contributed by atoms with E-state index in [2.05, 4.69) is 11.9 Å². The fraction of sp³-hybridized carbons (Fsp3) is 1.00. The van der Waals surface area contributed by atoms with Gasteiger partial charge in [-0.05, 0) is 33.4 Å². The Balaban J connectivity index is 2.18. The molecule has 0 bridgehead atoms. The minimum absolute atomic E-state index is 0.204. The Kier molecular flexibility index (Phi) is 4.70. The smallest absolute Gasteiger partial charge is 0.0669 e. The summed E-state index contributed by atoms with van der Waals surface area (Å²) in [6, 6.07) is 0.614. The molecule has 0 aromatic carbocycles. The van der Waals surface area contributed by atoms with Crippen molar-refractivity contribution in [2.75, 3.05) is 26.7 Å². The summed E-state index contributed by atoms with van der Waals surface area (Å²) in [5.74, 6) is 0. The fourth-order valence-electron chi connectivity index (χ4n) is 1.70. The predicted molar refractivity (Wildman–Crippen MR) is 54.7 cm³/mol. The van der Waals surface area contributed by atoms with E-state index in [4.69, 9.17) is 10.5 Å². The molecule has 3 nitrogen and oxygen atoms in total. The van der Waals surface area contributed by atoms with Crippen molar-refractivity contribution < 1.29 is 4.74 Å². The van der Waals surface area contributed by atoms with Crippen LogP contribution in [0.1, 0.15) is 26.2 Å². The van der Waals surface area contributed by atoms with Gasteiger partial charge in [-0.2, -0.15) is 0 Å². The van der Waals surface area contributed by atoms with Crippen LogP contribution in [0.5, 0.6) is 0 Å². The molecule has 13 heavy (non-hydrogen) atoms. The molecule has 0 spiro atoms. The molecule has 0 amide bonds. The third kappa shape index (κ3) is 3.63. The second-order valence-corrected chi connectivity index (χ2v) is 4.01. The summed E-state index contributed by atoms with van der Waals surface area (Å²) in [6.07, 6.45) is 4.15. The number of nitrogens with zero attached hydrogens (tertiary/aromatic N) is 1. The van der Waals surface area contributed by atoms with Crippen LogP contribution in [0.15, 0.2) is 0 Å². The van der Waals surface area contributed by atoms with E-state index in [1.54, 1.807) is 0 Å². The second kappa shape index (κ2) is 5.58. The lowest BCUT2D eigenvalue weighted by molar-refractivity contribution is 0.0160. The summed E-state index contributed by atoms with van der Waals surface area (Å²) in [6.45, 7) is 4.71. The summed E-state index contributed by atoms with van der Waals surface area (Å²) < 4.78 is 5.63. The molecular formula is C10H22N2O. The molecule has 0 radical (unpaired) electrons. The van der Waals surface area contributed by atoms with Crippen LogP contribution in [0, 0.1) is 0 Å². The molecule has 2 unspecified atom stereocenters. The van der Waals surface area contributed by atoms with Crippen molar-refractivity contribution in [1.29, 1.82) is 0 Å². The van der Waals surface area contributed by atoms with E-state index in [0.29, 0.717) is 12.6 Å². The summed E-state index contributed by atoms with van der Waals surface area (Å²) in [5.41, 5.74) is 5.48. The lowest BCUT2D eigenvalue weighted by Gasteiger charge is -2.32. The zero-order valence-corrected chi connectivity index (χ0v) is 8.83. The van der Waals surface area contributed by atoms with Gasteiger partial charge < -0.3 is 15.4 Å². The van der Waals surface area contributed by atoms with E-state index >= 15 is 0 Å². The third-order valence-electron chi connectivity index (χ3n) is 2.83. The van der Waals surface area contributed by atoms with Crippen LogP contribution in [0.25, 0.3) is 0 Å². The van der Waals surface area contributed by atoms with Gasteiger partial charge in [0.1, 0.15) is 0 Å².